The van der Waals surface area contributed by atoms with Crippen molar-refractivity contribution in [1.82, 2.24) is 15.6 Å². The number of nitrogens with zero attached hydrogens (tertiary/aromatic N) is 1. The van der Waals surface area contributed by atoms with Crippen LogP contribution in [0.15, 0.2) is 42.6 Å². The Bertz CT molecular complexity index is 655. The summed E-state index contributed by atoms with van der Waals surface area (Å²) in [4.78, 5) is 16.2. The van der Waals surface area contributed by atoms with Crippen molar-refractivity contribution >= 4 is 11.7 Å². The fourth-order valence-corrected chi connectivity index (χ4v) is 2.22. The van der Waals surface area contributed by atoms with Crippen LogP contribution in [0.3, 0.4) is 0 Å². The molecule has 0 aliphatic carbocycles. The highest BCUT2D eigenvalue weighted by Crippen LogP contribution is 2.11. The van der Waals surface area contributed by atoms with Gasteiger partial charge in [-0.15, -0.1) is 0 Å². The Morgan fingerprint density at radius 1 is 1.13 bits per heavy atom. The van der Waals surface area contributed by atoms with Crippen LogP contribution >= 0.6 is 0 Å². The molecule has 5 nitrogen and oxygen atoms in total. The largest absolute Gasteiger partial charge is 0.383 e. The molecule has 2 rings (SSSR count). The molecule has 0 fully saturated rings. The smallest absolute Gasteiger partial charge is 0.315 e. The number of amides is 2. The summed E-state index contributed by atoms with van der Waals surface area (Å²) in [6.45, 7) is 7.08. The van der Waals surface area contributed by atoms with Crippen LogP contribution in [0, 0.1) is 6.92 Å². The summed E-state index contributed by atoms with van der Waals surface area (Å²) in [7, 11) is 0. The first-order valence-electron chi connectivity index (χ1n) is 7.82. The summed E-state index contributed by atoms with van der Waals surface area (Å²) in [5.74, 6) is 0. The van der Waals surface area contributed by atoms with Gasteiger partial charge in [0.2, 0.25) is 0 Å². The van der Waals surface area contributed by atoms with Crippen molar-refractivity contribution < 1.29 is 4.79 Å². The molecule has 0 aliphatic rings. The van der Waals surface area contributed by atoms with Crippen LogP contribution in [0.25, 0.3) is 0 Å². The van der Waals surface area contributed by atoms with E-state index in [-0.39, 0.29) is 6.03 Å². The van der Waals surface area contributed by atoms with Crippen molar-refractivity contribution in [2.24, 2.45) is 0 Å². The van der Waals surface area contributed by atoms with Crippen molar-refractivity contribution in [1.29, 1.82) is 0 Å². The molecule has 23 heavy (non-hydrogen) atoms. The third-order valence-electron chi connectivity index (χ3n) is 3.37. The zero-order chi connectivity index (χ0) is 16.7. The Kier molecular flexibility index (Phi) is 5.97. The second-order valence-electron chi connectivity index (χ2n) is 5.80. The van der Waals surface area contributed by atoms with Gasteiger partial charge >= 0.3 is 6.03 Å². The van der Waals surface area contributed by atoms with Crippen LogP contribution in [-0.4, -0.2) is 17.1 Å². The van der Waals surface area contributed by atoms with Crippen LogP contribution in [0.5, 0.6) is 0 Å². The molecule has 0 saturated heterocycles. The van der Waals surface area contributed by atoms with E-state index in [9.17, 15) is 4.79 Å². The first-order valence-corrected chi connectivity index (χ1v) is 7.82. The summed E-state index contributed by atoms with van der Waals surface area (Å²) in [5, 5.41) is 9.04. The van der Waals surface area contributed by atoms with Gasteiger partial charge in [0.1, 0.15) is 0 Å². The van der Waals surface area contributed by atoms with Crippen LogP contribution in [0.2, 0.25) is 0 Å². The third kappa shape index (κ3) is 5.62. The van der Waals surface area contributed by atoms with E-state index in [0.29, 0.717) is 19.1 Å². The monoisotopic (exact) mass is 312 g/mol. The molecule has 0 bridgehead atoms. The van der Waals surface area contributed by atoms with Crippen molar-refractivity contribution in [2.45, 2.75) is 39.9 Å². The molecule has 2 aromatic rings. The number of rotatable bonds is 6. The lowest BCUT2D eigenvalue weighted by Gasteiger charge is -2.12. The molecular formula is C18H24N4O. The van der Waals surface area contributed by atoms with E-state index < -0.39 is 0 Å². The number of hydrogen-bond donors (Lipinski definition) is 3. The van der Waals surface area contributed by atoms with Crippen LogP contribution in [0.4, 0.5) is 10.5 Å². The second kappa shape index (κ2) is 8.17. The highest BCUT2D eigenvalue weighted by atomic mass is 16.2. The highest BCUT2D eigenvalue weighted by molar-refractivity contribution is 5.73. The third-order valence-corrected chi connectivity index (χ3v) is 3.37. The molecule has 2 amide bonds. The first-order chi connectivity index (χ1) is 11.0. The van der Waals surface area contributed by atoms with Gasteiger partial charge in [0.15, 0.2) is 0 Å². The topological polar surface area (TPSA) is 66.0 Å². The van der Waals surface area contributed by atoms with Gasteiger partial charge in [-0.2, -0.15) is 0 Å². The molecule has 0 radical (unpaired) electrons. The number of pyridine rings is 1. The standard InChI is InChI=1S/C18H24N4O/c1-13(2)22-16-8-4-7-15(10-16)11-20-18(23)21-12-17-14(3)6-5-9-19-17/h4-10,13,22H,11-12H2,1-3H3,(H2,20,21,23). The molecule has 122 valence electrons. The minimum Gasteiger partial charge on any atom is -0.383 e. The Morgan fingerprint density at radius 2 is 1.91 bits per heavy atom. The zero-order valence-corrected chi connectivity index (χ0v) is 13.9. The average Bonchev–Trinajstić information content (AvgIpc) is 2.52. The maximum absolute atomic E-state index is 11.9. The van der Waals surface area contributed by atoms with E-state index in [1.165, 1.54) is 0 Å². The number of benzene rings is 1. The Balaban J connectivity index is 1.81. The first kappa shape index (κ1) is 16.8. The summed E-state index contributed by atoms with van der Waals surface area (Å²) in [6, 6.07) is 12.1. The highest BCUT2D eigenvalue weighted by Gasteiger charge is 2.04. The molecule has 3 N–H and O–H groups in total. The molecule has 1 aromatic carbocycles. The second-order valence-corrected chi connectivity index (χ2v) is 5.80. The lowest BCUT2D eigenvalue weighted by atomic mass is 10.2. The van der Waals surface area contributed by atoms with E-state index in [0.717, 1.165) is 22.5 Å². The number of urea groups is 1. The van der Waals surface area contributed by atoms with Crippen molar-refractivity contribution in [3.8, 4) is 0 Å². The summed E-state index contributed by atoms with van der Waals surface area (Å²) in [6.07, 6.45) is 1.73. The summed E-state index contributed by atoms with van der Waals surface area (Å²) >= 11 is 0. The predicted octanol–water partition coefficient (Wildman–Crippen LogP) is 3.21. The lowest BCUT2D eigenvalue weighted by molar-refractivity contribution is 0.240. The molecular weight excluding hydrogens is 288 g/mol. The van der Waals surface area contributed by atoms with Crippen LogP contribution in [-0.2, 0) is 13.1 Å². The Hall–Kier alpha value is -2.56. The van der Waals surface area contributed by atoms with E-state index in [2.05, 4.69) is 34.8 Å². The molecule has 0 spiro atoms. The average molecular weight is 312 g/mol. The molecule has 1 aromatic heterocycles. The molecule has 1 heterocycles. The Morgan fingerprint density at radius 3 is 2.65 bits per heavy atom. The fraction of sp³-hybridized carbons (Fsp3) is 0.333. The van der Waals surface area contributed by atoms with Gasteiger partial charge in [0.25, 0.3) is 0 Å². The number of aromatic nitrogens is 1. The number of nitrogens with one attached hydrogen (secondary N) is 3. The van der Waals surface area contributed by atoms with Gasteiger partial charge < -0.3 is 16.0 Å². The van der Waals surface area contributed by atoms with Gasteiger partial charge in [-0.05, 0) is 50.1 Å². The van der Waals surface area contributed by atoms with Gasteiger partial charge in [-0.1, -0.05) is 18.2 Å². The summed E-state index contributed by atoms with van der Waals surface area (Å²) < 4.78 is 0. The fourth-order valence-electron chi connectivity index (χ4n) is 2.22. The lowest BCUT2D eigenvalue weighted by Crippen LogP contribution is -2.34. The number of aryl methyl sites for hydroxylation is 1. The van der Waals surface area contributed by atoms with Crippen LogP contribution < -0.4 is 16.0 Å². The molecule has 0 atom stereocenters. The van der Waals surface area contributed by atoms with Crippen molar-refractivity contribution in [3.05, 3.63) is 59.4 Å². The Labute approximate surface area is 137 Å². The molecule has 0 aliphatic heterocycles. The van der Waals surface area contributed by atoms with Gasteiger partial charge in [-0.25, -0.2) is 4.79 Å². The van der Waals surface area contributed by atoms with Crippen LogP contribution in [0.1, 0.15) is 30.7 Å². The number of anilines is 1. The van der Waals surface area contributed by atoms with E-state index in [1.807, 2.05) is 43.3 Å². The van der Waals surface area contributed by atoms with E-state index in [1.54, 1.807) is 6.20 Å². The maximum Gasteiger partial charge on any atom is 0.315 e. The number of hydrogen-bond acceptors (Lipinski definition) is 3. The number of carbonyl (C=O) groups excluding carboxylic acids is 1. The minimum absolute atomic E-state index is 0.197. The van der Waals surface area contributed by atoms with Crippen molar-refractivity contribution in [2.75, 3.05) is 5.32 Å². The normalized spacial score (nSPS) is 10.4. The van der Waals surface area contributed by atoms with Crippen molar-refractivity contribution in [3.63, 3.8) is 0 Å². The van der Waals surface area contributed by atoms with Gasteiger partial charge in [-0.3, -0.25) is 4.98 Å². The van der Waals surface area contributed by atoms with Gasteiger partial charge in [0.05, 0.1) is 12.2 Å². The molecule has 0 unspecified atom stereocenters. The molecule has 5 heteroatoms. The minimum atomic E-state index is -0.197. The quantitative estimate of drug-likeness (QED) is 0.767. The number of carbonyl (C=O) groups is 1. The molecule has 0 saturated carbocycles. The van der Waals surface area contributed by atoms with E-state index >= 15 is 0 Å². The predicted molar refractivity (Wildman–Crippen MR) is 93.3 cm³/mol. The SMILES string of the molecule is Cc1cccnc1CNC(=O)NCc1cccc(NC(C)C)c1. The summed E-state index contributed by atoms with van der Waals surface area (Å²) in [5.41, 5.74) is 4.06. The van der Waals surface area contributed by atoms with Gasteiger partial charge in [0, 0.05) is 24.5 Å². The van der Waals surface area contributed by atoms with E-state index in [4.69, 9.17) is 0 Å². The maximum atomic E-state index is 11.9. The zero-order valence-electron chi connectivity index (χ0n) is 13.9.